The Hall–Kier alpha value is -0.810. The van der Waals surface area contributed by atoms with E-state index in [9.17, 15) is 4.79 Å². The molecule has 0 saturated heterocycles. The van der Waals surface area contributed by atoms with E-state index in [1.54, 1.807) is 0 Å². The van der Waals surface area contributed by atoms with Crippen LogP contribution in [0.25, 0.3) is 0 Å². The van der Waals surface area contributed by atoms with Crippen LogP contribution in [-0.2, 0) is 11.3 Å². The molecule has 0 aliphatic rings. The number of benzene rings is 1. The van der Waals surface area contributed by atoms with Gasteiger partial charge in [-0.25, -0.2) is 0 Å². The Morgan fingerprint density at radius 1 is 1.17 bits per heavy atom. The van der Waals surface area contributed by atoms with Gasteiger partial charge in [0.1, 0.15) is 0 Å². The first-order valence-corrected chi connectivity index (χ1v) is 7.69. The summed E-state index contributed by atoms with van der Waals surface area (Å²) in [7, 11) is 2.12. The number of carbonyl (C=O) groups excluding carboxylic acids is 1. The van der Waals surface area contributed by atoms with E-state index in [1.807, 2.05) is 19.9 Å². The second kappa shape index (κ2) is 12.6. The molecule has 0 saturated carbocycles. The van der Waals surface area contributed by atoms with Crippen molar-refractivity contribution in [3.8, 4) is 0 Å². The number of nitrogens with two attached hydrogens (primary N) is 1. The van der Waals surface area contributed by atoms with Gasteiger partial charge in [-0.2, -0.15) is 0 Å². The largest absolute Gasteiger partial charge is 0.356 e. The predicted molar refractivity (Wildman–Crippen MR) is 102 cm³/mol. The highest BCUT2D eigenvalue weighted by atomic mass is 35.5. The molecule has 0 radical (unpaired) electrons. The summed E-state index contributed by atoms with van der Waals surface area (Å²) in [4.78, 5) is 14.1. The van der Waals surface area contributed by atoms with Crippen molar-refractivity contribution >= 4 is 30.7 Å². The van der Waals surface area contributed by atoms with Gasteiger partial charge in [-0.1, -0.05) is 37.3 Å². The van der Waals surface area contributed by atoms with Crippen LogP contribution in [0, 0.1) is 5.92 Å². The third-order valence-corrected chi connectivity index (χ3v) is 4.09. The number of rotatable bonds is 8. The quantitative estimate of drug-likeness (QED) is 0.746. The molecule has 1 aromatic carbocycles. The molecule has 1 rings (SSSR count). The number of hydrogen-bond acceptors (Lipinski definition) is 3. The van der Waals surface area contributed by atoms with Crippen LogP contribution in [-0.4, -0.2) is 36.5 Å². The molecule has 0 aliphatic carbocycles. The summed E-state index contributed by atoms with van der Waals surface area (Å²) >= 11 is 0. The summed E-state index contributed by atoms with van der Waals surface area (Å²) in [5.41, 5.74) is 7.04. The summed E-state index contributed by atoms with van der Waals surface area (Å²) in [6.45, 7) is 7.53. The lowest BCUT2D eigenvalue weighted by molar-refractivity contribution is -0.124. The van der Waals surface area contributed by atoms with Crippen molar-refractivity contribution in [3.05, 3.63) is 35.9 Å². The predicted octanol–water partition coefficient (Wildman–Crippen LogP) is 2.84. The van der Waals surface area contributed by atoms with Crippen molar-refractivity contribution < 1.29 is 4.79 Å². The Labute approximate surface area is 153 Å². The summed E-state index contributed by atoms with van der Waals surface area (Å²) in [5, 5.41) is 2.97. The number of hydrogen-bond donors (Lipinski definition) is 2. The van der Waals surface area contributed by atoms with Crippen LogP contribution in [0.3, 0.4) is 0 Å². The molecular weight excluding hydrogens is 333 g/mol. The molecule has 134 valence electrons. The van der Waals surface area contributed by atoms with Crippen LogP contribution < -0.4 is 11.1 Å². The molecule has 0 aromatic heterocycles. The molecule has 3 unspecified atom stereocenters. The minimum Gasteiger partial charge on any atom is -0.356 e. The van der Waals surface area contributed by atoms with Gasteiger partial charge >= 0.3 is 0 Å². The maximum atomic E-state index is 11.8. The highest BCUT2D eigenvalue weighted by molar-refractivity contribution is 5.85. The van der Waals surface area contributed by atoms with Crippen LogP contribution in [0.2, 0.25) is 0 Å². The van der Waals surface area contributed by atoms with Crippen molar-refractivity contribution in [2.75, 3.05) is 13.6 Å². The highest BCUT2D eigenvalue weighted by Gasteiger charge is 2.17. The van der Waals surface area contributed by atoms with Gasteiger partial charge in [0.05, 0.1) is 0 Å². The molecule has 0 heterocycles. The van der Waals surface area contributed by atoms with Gasteiger partial charge in [0, 0.05) is 31.1 Å². The minimum absolute atomic E-state index is 0. The molecule has 3 N–H and O–H groups in total. The number of nitrogens with one attached hydrogen (secondary N) is 1. The first-order chi connectivity index (χ1) is 9.91. The minimum atomic E-state index is -0.137. The lowest BCUT2D eigenvalue weighted by Crippen LogP contribution is -2.40. The molecule has 23 heavy (non-hydrogen) atoms. The first kappa shape index (κ1) is 24.4. The van der Waals surface area contributed by atoms with Gasteiger partial charge in [0.15, 0.2) is 0 Å². The zero-order valence-corrected chi connectivity index (χ0v) is 16.1. The number of halogens is 2. The molecule has 0 bridgehead atoms. The van der Waals surface area contributed by atoms with Crippen LogP contribution in [0.1, 0.15) is 32.8 Å². The second-order valence-electron chi connectivity index (χ2n) is 5.98. The molecule has 0 aliphatic heterocycles. The molecule has 4 nitrogen and oxygen atoms in total. The summed E-state index contributed by atoms with van der Waals surface area (Å²) in [5.74, 6) is -0.0923. The van der Waals surface area contributed by atoms with E-state index in [4.69, 9.17) is 5.73 Å². The van der Waals surface area contributed by atoms with Gasteiger partial charge in [-0.3, -0.25) is 9.69 Å². The first-order valence-electron chi connectivity index (χ1n) is 7.69. The molecular formula is C17H31Cl2N3O. The van der Waals surface area contributed by atoms with E-state index in [0.717, 1.165) is 13.0 Å². The van der Waals surface area contributed by atoms with Gasteiger partial charge in [0.25, 0.3) is 0 Å². The fourth-order valence-corrected chi connectivity index (χ4v) is 2.05. The topological polar surface area (TPSA) is 58.4 Å². The van der Waals surface area contributed by atoms with Gasteiger partial charge in [0.2, 0.25) is 5.91 Å². The molecule has 6 heteroatoms. The van der Waals surface area contributed by atoms with Crippen LogP contribution in [0.15, 0.2) is 30.3 Å². The summed E-state index contributed by atoms with van der Waals surface area (Å²) < 4.78 is 0. The van der Waals surface area contributed by atoms with E-state index >= 15 is 0 Å². The van der Waals surface area contributed by atoms with E-state index in [2.05, 4.69) is 48.5 Å². The normalized spacial score (nSPS) is 14.2. The average molecular weight is 364 g/mol. The fraction of sp³-hybridized carbons (Fsp3) is 0.588. The van der Waals surface area contributed by atoms with E-state index in [1.165, 1.54) is 5.56 Å². The van der Waals surface area contributed by atoms with E-state index in [0.29, 0.717) is 12.6 Å². The molecule has 1 aromatic rings. The Morgan fingerprint density at radius 2 is 1.74 bits per heavy atom. The highest BCUT2D eigenvalue weighted by Crippen LogP contribution is 2.08. The second-order valence-corrected chi connectivity index (χ2v) is 5.98. The molecule has 1 amide bonds. The Kier molecular flexibility index (Phi) is 13.4. The Balaban J connectivity index is 0. The van der Waals surface area contributed by atoms with Gasteiger partial charge < -0.3 is 11.1 Å². The van der Waals surface area contributed by atoms with E-state index in [-0.39, 0.29) is 42.7 Å². The lowest BCUT2D eigenvalue weighted by atomic mass is 10.0. The van der Waals surface area contributed by atoms with Crippen LogP contribution >= 0.6 is 24.8 Å². The average Bonchev–Trinajstić information content (AvgIpc) is 2.46. The third-order valence-electron chi connectivity index (χ3n) is 4.09. The van der Waals surface area contributed by atoms with Crippen molar-refractivity contribution in [2.45, 2.75) is 45.8 Å². The fourth-order valence-electron chi connectivity index (χ4n) is 2.05. The Morgan fingerprint density at radius 3 is 2.26 bits per heavy atom. The SMILES string of the molecule is CC(N)C(C)C(=O)NCCC(C)N(C)Cc1ccccc1.Cl.Cl. The third kappa shape index (κ3) is 9.16. The van der Waals surface area contributed by atoms with Crippen molar-refractivity contribution in [3.63, 3.8) is 0 Å². The van der Waals surface area contributed by atoms with Gasteiger partial charge in [-0.05, 0) is 32.9 Å². The standard InChI is InChI=1S/C17H29N3O.2ClH/c1-13(10-11-19-17(21)14(2)15(3)18)20(4)12-16-8-6-5-7-9-16;;/h5-9,13-15H,10-12,18H2,1-4H3,(H,19,21);2*1H. The Bertz CT molecular complexity index is 429. The monoisotopic (exact) mass is 363 g/mol. The number of amides is 1. The number of nitrogens with zero attached hydrogens (tertiary/aromatic N) is 1. The maximum Gasteiger partial charge on any atom is 0.224 e. The lowest BCUT2D eigenvalue weighted by Gasteiger charge is -2.25. The zero-order chi connectivity index (χ0) is 15.8. The summed E-state index contributed by atoms with van der Waals surface area (Å²) in [6, 6.07) is 10.7. The van der Waals surface area contributed by atoms with Crippen LogP contribution in [0.5, 0.6) is 0 Å². The van der Waals surface area contributed by atoms with Crippen molar-refractivity contribution in [1.29, 1.82) is 0 Å². The van der Waals surface area contributed by atoms with Crippen molar-refractivity contribution in [2.24, 2.45) is 11.7 Å². The molecule has 0 fully saturated rings. The zero-order valence-electron chi connectivity index (χ0n) is 14.5. The summed E-state index contributed by atoms with van der Waals surface area (Å²) in [6.07, 6.45) is 0.931. The van der Waals surface area contributed by atoms with Crippen molar-refractivity contribution in [1.82, 2.24) is 10.2 Å². The van der Waals surface area contributed by atoms with Crippen LogP contribution in [0.4, 0.5) is 0 Å². The molecule has 0 spiro atoms. The van der Waals surface area contributed by atoms with Gasteiger partial charge in [-0.15, -0.1) is 24.8 Å². The molecule has 3 atom stereocenters. The maximum absolute atomic E-state index is 11.8. The van der Waals surface area contributed by atoms with E-state index < -0.39 is 0 Å². The number of carbonyl (C=O) groups is 1. The smallest absolute Gasteiger partial charge is 0.224 e.